The third kappa shape index (κ3) is 5.98. The molecule has 2 amide bonds. The molecule has 0 unspecified atom stereocenters. The Labute approximate surface area is 211 Å². The number of nitrogens with one attached hydrogen (secondary N) is 3. The molecule has 0 saturated heterocycles. The van der Waals surface area contributed by atoms with Crippen LogP contribution in [0.3, 0.4) is 0 Å². The number of thioether (sulfide) groups is 1. The minimum atomic E-state index is -1.01. The van der Waals surface area contributed by atoms with Gasteiger partial charge < -0.3 is 30.2 Å². The normalized spacial score (nSPS) is 17.2. The standard InChI is InChI=1S/C24H26N6O5S/c1-13-17(10-25)26-11-18-22(13)30-23(29-18)36-12-21(31)27-15-5-8-19(34-2)20(9-15)35-16-6-3-14(4-7-16)28-24(32)33/h5,8-9,11,14,16,28H,3-4,6-7,12H2,1-2H3,(H,27,31)(H,29,30)(H,32,33). The van der Waals surface area contributed by atoms with Crippen molar-refractivity contribution in [3.63, 3.8) is 0 Å². The number of carboxylic acid groups (broad SMARTS) is 1. The molecule has 4 rings (SSSR count). The van der Waals surface area contributed by atoms with E-state index in [0.717, 1.165) is 0 Å². The summed E-state index contributed by atoms with van der Waals surface area (Å²) in [6.45, 7) is 1.79. The van der Waals surface area contributed by atoms with E-state index in [-0.39, 0.29) is 23.8 Å². The number of benzene rings is 1. The van der Waals surface area contributed by atoms with Crippen LogP contribution in [0.15, 0.2) is 29.6 Å². The van der Waals surface area contributed by atoms with Gasteiger partial charge in [-0.25, -0.2) is 14.8 Å². The van der Waals surface area contributed by atoms with Gasteiger partial charge in [-0.05, 0) is 44.7 Å². The number of ether oxygens (including phenoxy) is 2. The number of nitriles is 1. The number of rotatable bonds is 8. The molecule has 4 N–H and O–H groups in total. The number of hydrogen-bond acceptors (Lipinski definition) is 8. The first-order valence-corrected chi connectivity index (χ1v) is 12.4. The van der Waals surface area contributed by atoms with Gasteiger partial charge in [0.2, 0.25) is 5.91 Å². The Morgan fingerprint density at radius 3 is 2.75 bits per heavy atom. The zero-order valence-electron chi connectivity index (χ0n) is 19.8. The summed E-state index contributed by atoms with van der Waals surface area (Å²) in [6.07, 6.45) is 3.30. The maximum Gasteiger partial charge on any atom is 0.404 e. The molecule has 188 valence electrons. The predicted molar refractivity (Wildman–Crippen MR) is 134 cm³/mol. The zero-order valence-corrected chi connectivity index (χ0v) is 20.6. The number of aryl methyl sites for hydroxylation is 1. The number of fused-ring (bicyclic) bond motifs is 1. The van der Waals surface area contributed by atoms with Crippen molar-refractivity contribution in [2.45, 2.75) is 49.9 Å². The van der Waals surface area contributed by atoms with Gasteiger partial charge >= 0.3 is 6.09 Å². The number of aromatic nitrogens is 3. The Morgan fingerprint density at radius 1 is 1.28 bits per heavy atom. The molecule has 0 aliphatic heterocycles. The molecule has 3 aromatic rings. The molecule has 2 aromatic heterocycles. The van der Waals surface area contributed by atoms with Gasteiger partial charge in [-0.15, -0.1) is 0 Å². The summed E-state index contributed by atoms with van der Waals surface area (Å²) < 4.78 is 11.6. The lowest BCUT2D eigenvalue weighted by atomic mass is 9.93. The SMILES string of the molecule is COc1ccc(NC(=O)CSc2nc3c(C)c(C#N)ncc3[nH]2)cc1OC1CCC(NC(=O)O)CC1. The van der Waals surface area contributed by atoms with Crippen LogP contribution in [0.5, 0.6) is 11.5 Å². The number of carbonyl (C=O) groups is 2. The largest absolute Gasteiger partial charge is 0.493 e. The number of aromatic amines is 1. The molecular formula is C24H26N6O5S. The highest BCUT2D eigenvalue weighted by molar-refractivity contribution is 7.99. The highest BCUT2D eigenvalue weighted by atomic mass is 32.2. The number of methoxy groups -OCH3 is 1. The second-order valence-electron chi connectivity index (χ2n) is 8.39. The van der Waals surface area contributed by atoms with Crippen LogP contribution in [0, 0.1) is 18.3 Å². The Hall–Kier alpha value is -3.98. The summed E-state index contributed by atoms with van der Waals surface area (Å²) in [5.41, 5.74) is 2.96. The number of hydrogen-bond donors (Lipinski definition) is 4. The Morgan fingerprint density at radius 2 is 2.06 bits per heavy atom. The topological polar surface area (TPSA) is 162 Å². The molecular weight excluding hydrogens is 484 g/mol. The van der Waals surface area contributed by atoms with Gasteiger partial charge in [0.05, 0.1) is 36.2 Å². The lowest BCUT2D eigenvalue weighted by molar-refractivity contribution is -0.113. The van der Waals surface area contributed by atoms with Gasteiger partial charge in [-0.2, -0.15) is 5.26 Å². The third-order valence-corrected chi connectivity index (χ3v) is 6.81. The summed E-state index contributed by atoms with van der Waals surface area (Å²) in [7, 11) is 1.55. The van der Waals surface area contributed by atoms with Crippen LogP contribution in [-0.2, 0) is 4.79 Å². The molecule has 1 aliphatic carbocycles. The fraction of sp³-hybridized carbons (Fsp3) is 0.375. The van der Waals surface area contributed by atoms with Crippen LogP contribution < -0.4 is 20.1 Å². The van der Waals surface area contributed by atoms with Crippen molar-refractivity contribution in [2.75, 3.05) is 18.2 Å². The average Bonchev–Trinajstić information content (AvgIpc) is 3.28. The Kier molecular flexibility index (Phi) is 7.80. The lowest BCUT2D eigenvalue weighted by Gasteiger charge is -2.29. The number of pyridine rings is 1. The summed E-state index contributed by atoms with van der Waals surface area (Å²) >= 11 is 1.25. The summed E-state index contributed by atoms with van der Waals surface area (Å²) in [4.78, 5) is 35.1. The highest BCUT2D eigenvalue weighted by Crippen LogP contribution is 2.34. The first kappa shape index (κ1) is 25.1. The molecule has 1 fully saturated rings. The van der Waals surface area contributed by atoms with Gasteiger partial charge in [0.25, 0.3) is 0 Å². The van der Waals surface area contributed by atoms with Crippen molar-refractivity contribution in [3.05, 3.63) is 35.7 Å². The summed E-state index contributed by atoms with van der Waals surface area (Å²) in [5, 5.41) is 24.0. The van der Waals surface area contributed by atoms with Crippen LogP contribution in [0.4, 0.5) is 10.5 Å². The Balaban J connectivity index is 1.35. The summed E-state index contributed by atoms with van der Waals surface area (Å²) in [6, 6.07) is 7.18. The van der Waals surface area contributed by atoms with Crippen molar-refractivity contribution in [1.82, 2.24) is 20.3 Å². The van der Waals surface area contributed by atoms with E-state index < -0.39 is 6.09 Å². The van der Waals surface area contributed by atoms with Gasteiger partial charge in [0.15, 0.2) is 16.7 Å². The molecule has 1 aromatic carbocycles. The molecule has 0 bridgehead atoms. The van der Waals surface area contributed by atoms with Crippen LogP contribution in [0.2, 0.25) is 0 Å². The van der Waals surface area contributed by atoms with E-state index in [0.29, 0.717) is 70.3 Å². The van der Waals surface area contributed by atoms with Gasteiger partial charge in [-0.3, -0.25) is 4.79 Å². The van der Waals surface area contributed by atoms with Crippen LogP contribution in [-0.4, -0.2) is 57.1 Å². The van der Waals surface area contributed by atoms with E-state index in [9.17, 15) is 9.59 Å². The van der Waals surface area contributed by atoms with Gasteiger partial charge in [-0.1, -0.05) is 11.8 Å². The first-order chi connectivity index (χ1) is 17.4. The second-order valence-corrected chi connectivity index (χ2v) is 9.36. The molecule has 1 aliphatic rings. The first-order valence-electron chi connectivity index (χ1n) is 11.4. The molecule has 1 saturated carbocycles. The minimum Gasteiger partial charge on any atom is -0.493 e. The molecule has 12 heteroatoms. The van der Waals surface area contributed by atoms with Crippen molar-refractivity contribution >= 4 is 40.5 Å². The molecule has 36 heavy (non-hydrogen) atoms. The second kappa shape index (κ2) is 11.2. The number of imidazole rings is 1. The van der Waals surface area contributed by atoms with Crippen molar-refractivity contribution in [3.8, 4) is 17.6 Å². The Bertz CT molecular complexity index is 1310. The van der Waals surface area contributed by atoms with Crippen molar-refractivity contribution in [1.29, 1.82) is 5.26 Å². The molecule has 11 nitrogen and oxygen atoms in total. The number of anilines is 1. The predicted octanol–water partition coefficient (Wildman–Crippen LogP) is 3.84. The molecule has 0 spiro atoms. The quantitative estimate of drug-likeness (QED) is 0.330. The maximum atomic E-state index is 12.6. The highest BCUT2D eigenvalue weighted by Gasteiger charge is 2.24. The number of amides is 2. The van der Waals surface area contributed by atoms with E-state index in [4.69, 9.17) is 19.8 Å². The van der Waals surface area contributed by atoms with Gasteiger partial charge in [0, 0.05) is 23.4 Å². The number of nitrogens with zero attached hydrogens (tertiary/aromatic N) is 3. The van der Waals surface area contributed by atoms with Crippen LogP contribution >= 0.6 is 11.8 Å². The van der Waals surface area contributed by atoms with Crippen molar-refractivity contribution < 1.29 is 24.2 Å². The zero-order chi connectivity index (χ0) is 25.7. The van der Waals surface area contributed by atoms with Crippen molar-refractivity contribution in [2.24, 2.45) is 0 Å². The summed E-state index contributed by atoms with van der Waals surface area (Å²) in [5.74, 6) is 0.979. The number of H-pyrrole nitrogens is 1. The third-order valence-electron chi connectivity index (χ3n) is 5.93. The molecule has 2 heterocycles. The van der Waals surface area contributed by atoms with Crippen LogP contribution in [0.1, 0.15) is 36.9 Å². The smallest absolute Gasteiger partial charge is 0.404 e. The maximum absolute atomic E-state index is 12.6. The van der Waals surface area contributed by atoms with Crippen LogP contribution in [0.25, 0.3) is 11.0 Å². The molecule has 0 atom stereocenters. The fourth-order valence-electron chi connectivity index (χ4n) is 4.12. The van der Waals surface area contributed by atoms with E-state index >= 15 is 0 Å². The lowest BCUT2D eigenvalue weighted by Crippen LogP contribution is -2.38. The number of carbonyl (C=O) groups excluding carboxylic acids is 1. The monoisotopic (exact) mass is 510 g/mol. The van der Waals surface area contributed by atoms with E-state index in [1.54, 1.807) is 38.4 Å². The van der Waals surface area contributed by atoms with E-state index in [2.05, 4.69) is 25.6 Å². The van der Waals surface area contributed by atoms with Gasteiger partial charge in [0.1, 0.15) is 11.8 Å². The molecule has 0 radical (unpaired) electrons. The average molecular weight is 511 g/mol. The van der Waals surface area contributed by atoms with E-state index in [1.165, 1.54) is 11.8 Å². The minimum absolute atomic E-state index is 0.0623. The fourth-order valence-corrected chi connectivity index (χ4v) is 4.80. The van der Waals surface area contributed by atoms with E-state index in [1.807, 2.05) is 6.07 Å².